The van der Waals surface area contributed by atoms with Crippen molar-refractivity contribution >= 4 is 17.7 Å². The zero-order valence-corrected chi connectivity index (χ0v) is 10.2. The summed E-state index contributed by atoms with van der Waals surface area (Å²) in [4.78, 5) is 15.3. The van der Waals surface area contributed by atoms with Gasteiger partial charge in [-0.15, -0.1) is 11.8 Å². The molecule has 0 amide bonds. The molecular formula is C13H10FNO2S. The first-order chi connectivity index (χ1) is 8.65. The molecule has 0 radical (unpaired) electrons. The van der Waals surface area contributed by atoms with E-state index >= 15 is 0 Å². The maximum absolute atomic E-state index is 12.7. The van der Waals surface area contributed by atoms with Crippen LogP contribution in [-0.2, 0) is 5.75 Å². The van der Waals surface area contributed by atoms with E-state index in [1.807, 2.05) is 0 Å². The highest BCUT2D eigenvalue weighted by atomic mass is 32.2. The van der Waals surface area contributed by atoms with Crippen molar-refractivity contribution in [3.8, 4) is 0 Å². The largest absolute Gasteiger partial charge is 0.477 e. The van der Waals surface area contributed by atoms with Crippen LogP contribution < -0.4 is 0 Å². The minimum Gasteiger partial charge on any atom is -0.477 e. The van der Waals surface area contributed by atoms with Crippen molar-refractivity contribution in [1.29, 1.82) is 0 Å². The monoisotopic (exact) mass is 263 g/mol. The van der Waals surface area contributed by atoms with E-state index in [4.69, 9.17) is 5.11 Å². The molecule has 0 saturated heterocycles. The summed E-state index contributed by atoms with van der Waals surface area (Å²) in [5.41, 5.74) is 1.01. The number of halogens is 1. The lowest BCUT2D eigenvalue weighted by molar-refractivity contribution is 0.0690. The second kappa shape index (κ2) is 5.64. The van der Waals surface area contributed by atoms with Crippen molar-refractivity contribution in [3.05, 3.63) is 59.7 Å². The summed E-state index contributed by atoms with van der Waals surface area (Å²) < 4.78 is 12.7. The summed E-state index contributed by atoms with van der Waals surface area (Å²) in [6, 6.07) is 9.51. The molecule has 1 N–H and O–H groups in total. The number of pyridine rings is 1. The van der Waals surface area contributed by atoms with Gasteiger partial charge in [0.1, 0.15) is 11.5 Å². The topological polar surface area (TPSA) is 50.2 Å². The third-order valence-electron chi connectivity index (χ3n) is 2.27. The highest BCUT2D eigenvalue weighted by Crippen LogP contribution is 2.22. The van der Waals surface area contributed by atoms with Gasteiger partial charge in [-0.05, 0) is 29.8 Å². The van der Waals surface area contributed by atoms with Gasteiger partial charge in [-0.2, -0.15) is 0 Å². The third kappa shape index (κ3) is 3.30. The van der Waals surface area contributed by atoms with E-state index in [2.05, 4.69) is 4.98 Å². The normalized spacial score (nSPS) is 10.3. The van der Waals surface area contributed by atoms with Gasteiger partial charge in [0.25, 0.3) is 0 Å². The summed E-state index contributed by atoms with van der Waals surface area (Å²) in [5.74, 6) is -0.649. The van der Waals surface area contributed by atoms with Crippen molar-refractivity contribution in [2.24, 2.45) is 0 Å². The number of hydrogen-bond donors (Lipinski definition) is 1. The van der Waals surface area contributed by atoms with Crippen molar-refractivity contribution in [3.63, 3.8) is 0 Å². The first-order valence-corrected chi connectivity index (χ1v) is 6.20. The van der Waals surface area contributed by atoms with Gasteiger partial charge in [-0.3, -0.25) is 0 Å². The molecule has 0 aliphatic carbocycles. The zero-order valence-electron chi connectivity index (χ0n) is 9.34. The van der Waals surface area contributed by atoms with E-state index < -0.39 is 5.97 Å². The first-order valence-electron chi connectivity index (χ1n) is 5.22. The van der Waals surface area contributed by atoms with Gasteiger partial charge in [0.05, 0.1) is 0 Å². The number of carboxylic acids is 1. The van der Waals surface area contributed by atoms with Gasteiger partial charge < -0.3 is 5.11 Å². The molecule has 0 atom stereocenters. The highest BCUT2D eigenvalue weighted by molar-refractivity contribution is 7.98. The third-order valence-corrected chi connectivity index (χ3v) is 3.33. The number of carbonyl (C=O) groups is 1. The molecule has 1 aromatic heterocycles. The van der Waals surface area contributed by atoms with E-state index in [0.29, 0.717) is 5.75 Å². The van der Waals surface area contributed by atoms with Gasteiger partial charge in [-0.1, -0.05) is 12.1 Å². The summed E-state index contributed by atoms with van der Waals surface area (Å²) in [7, 11) is 0. The van der Waals surface area contributed by atoms with Crippen LogP contribution in [0.3, 0.4) is 0 Å². The zero-order chi connectivity index (χ0) is 13.0. The van der Waals surface area contributed by atoms with Crippen molar-refractivity contribution in [2.45, 2.75) is 10.6 Å². The number of hydrogen-bond acceptors (Lipinski definition) is 3. The Labute approximate surface area is 108 Å². The van der Waals surface area contributed by atoms with Gasteiger partial charge >= 0.3 is 5.97 Å². The lowest BCUT2D eigenvalue weighted by atomic mass is 10.2. The number of aromatic nitrogens is 1. The Morgan fingerprint density at radius 3 is 2.67 bits per heavy atom. The van der Waals surface area contributed by atoms with Crippen LogP contribution in [-0.4, -0.2) is 16.1 Å². The second-order valence-corrected chi connectivity index (χ2v) is 4.65. The van der Waals surface area contributed by atoms with Crippen LogP contribution in [0.4, 0.5) is 4.39 Å². The van der Waals surface area contributed by atoms with Crippen LogP contribution >= 0.6 is 11.8 Å². The minimum absolute atomic E-state index is 0.0270. The average molecular weight is 263 g/mol. The fourth-order valence-corrected chi connectivity index (χ4v) is 2.24. The molecular weight excluding hydrogens is 253 g/mol. The number of carboxylic acid groups (broad SMARTS) is 1. The molecule has 92 valence electrons. The van der Waals surface area contributed by atoms with E-state index in [-0.39, 0.29) is 11.5 Å². The molecule has 1 heterocycles. The lowest BCUT2D eigenvalue weighted by Gasteiger charge is -2.02. The molecule has 0 aliphatic rings. The predicted molar refractivity (Wildman–Crippen MR) is 67.2 cm³/mol. The Balaban J connectivity index is 2.04. The van der Waals surface area contributed by atoms with Crippen LogP contribution in [0.15, 0.2) is 47.5 Å². The summed E-state index contributed by atoms with van der Waals surface area (Å²) in [6.07, 6.45) is 1.47. The Hall–Kier alpha value is -1.88. The fourth-order valence-electron chi connectivity index (χ4n) is 1.37. The molecule has 5 heteroatoms. The molecule has 0 fully saturated rings. The predicted octanol–water partition coefficient (Wildman–Crippen LogP) is 3.21. The summed E-state index contributed by atoms with van der Waals surface area (Å²) in [6.45, 7) is 0. The Morgan fingerprint density at radius 1 is 1.28 bits per heavy atom. The molecule has 2 rings (SSSR count). The van der Waals surface area contributed by atoms with E-state index in [1.165, 1.54) is 36.2 Å². The number of thioether (sulfide) groups is 1. The molecule has 18 heavy (non-hydrogen) atoms. The number of aromatic carboxylic acids is 1. The van der Waals surface area contributed by atoms with E-state index in [1.54, 1.807) is 18.2 Å². The fraction of sp³-hybridized carbons (Fsp3) is 0.0769. The standard InChI is InChI=1S/C13H10FNO2S/c14-10-3-1-9(2-4-10)8-18-11-5-6-15-12(7-11)13(16)17/h1-7H,8H2,(H,16,17). The van der Waals surface area contributed by atoms with Crippen molar-refractivity contribution < 1.29 is 14.3 Å². The van der Waals surface area contributed by atoms with Crippen LogP contribution in [0.25, 0.3) is 0 Å². The maximum Gasteiger partial charge on any atom is 0.354 e. The Kier molecular flexibility index (Phi) is 3.94. The number of rotatable bonds is 4. The highest BCUT2D eigenvalue weighted by Gasteiger charge is 2.05. The van der Waals surface area contributed by atoms with Gasteiger partial charge in [0.2, 0.25) is 0 Å². The quantitative estimate of drug-likeness (QED) is 0.860. The number of nitrogens with zero attached hydrogens (tertiary/aromatic N) is 1. The smallest absolute Gasteiger partial charge is 0.354 e. The minimum atomic E-state index is -1.04. The van der Waals surface area contributed by atoms with Crippen LogP contribution in [0, 0.1) is 5.82 Å². The van der Waals surface area contributed by atoms with Crippen LogP contribution in [0.1, 0.15) is 16.1 Å². The second-order valence-electron chi connectivity index (χ2n) is 3.60. The molecule has 0 bridgehead atoms. The van der Waals surface area contributed by atoms with E-state index in [9.17, 15) is 9.18 Å². The Morgan fingerprint density at radius 2 is 2.00 bits per heavy atom. The SMILES string of the molecule is O=C(O)c1cc(SCc2ccc(F)cc2)ccn1. The summed E-state index contributed by atoms with van der Waals surface area (Å²) >= 11 is 1.49. The first kappa shape index (κ1) is 12.6. The van der Waals surface area contributed by atoms with Gasteiger partial charge in [-0.25, -0.2) is 14.2 Å². The lowest BCUT2D eigenvalue weighted by Crippen LogP contribution is -1.99. The summed E-state index contributed by atoms with van der Waals surface area (Å²) in [5, 5.41) is 8.81. The Bertz CT molecular complexity index is 557. The molecule has 0 saturated carbocycles. The molecule has 2 aromatic rings. The molecule has 0 aliphatic heterocycles. The average Bonchev–Trinajstić information content (AvgIpc) is 2.38. The van der Waals surface area contributed by atoms with Crippen LogP contribution in [0.5, 0.6) is 0 Å². The van der Waals surface area contributed by atoms with Crippen molar-refractivity contribution in [1.82, 2.24) is 4.98 Å². The van der Waals surface area contributed by atoms with Crippen LogP contribution in [0.2, 0.25) is 0 Å². The van der Waals surface area contributed by atoms with Gasteiger partial charge in [0.15, 0.2) is 0 Å². The molecule has 0 unspecified atom stereocenters. The van der Waals surface area contributed by atoms with Gasteiger partial charge in [0, 0.05) is 16.8 Å². The molecule has 0 spiro atoms. The molecule has 3 nitrogen and oxygen atoms in total. The maximum atomic E-state index is 12.7. The van der Waals surface area contributed by atoms with E-state index in [0.717, 1.165) is 10.5 Å². The number of benzene rings is 1. The molecule has 1 aromatic carbocycles. The van der Waals surface area contributed by atoms with Crippen molar-refractivity contribution in [2.75, 3.05) is 0 Å².